The van der Waals surface area contributed by atoms with Crippen molar-refractivity contribution in [3.05, 3.63) is 0 Å². The number of methoxy groups -OCH3 is 1. The van der Waals surface area contributed by atoms with Crippen LogP contribution in [0.4, 0.5) is 0 Å². The van der Waals surface area contributed by atoms with Crippen LogP contribution in [0.15, 0.2) is 0 Å². The molecule has 4 nitrogen and oxygen atoms in total. The molecule has 0 aliphatic carbocycles. The Morgan fingerprint density at radius 3 is 2.83 bits per heavy atom. The van der Waals surface area contributed by atoms with Crippen LogP contribution in [0.1, 0.15) is 33.1 Å². The molecule has 1 N–H and O–H groups in total. The lowest BCUT2D eigenvalue weighted by molar-refractivity contribution is -0.150. The summed E-state index contributed by atoms with van der Waals surface area (Å²) in [5.74, 6) is 0.657. The quantitative estimate of drug-likeness (QED) is 0.578. The molecule has 18 heavy (non-hydrogen) atoms. The van der Waals surface area contributed by atoms with E-state index >= 15 is 0 Å². The van der Waals surface area contributed by atoms with E-state index in [9.17, 15) is 4.79 Å². The lowest BCUT2D eigenvalue weighted by Gasteiger charge is -2.30. The first kappa shape index (κ1) is 15.4. The topological polar surface area (TPSA) is 41.6 Å². The molecule has 0 aromatic heterocycles. The molecule has 0 aromatic carbocycles. The van der Waals surface area contributed by atoms with Crippen LogP contribution < -0.4 is 5.32 Å². The van der Waals surface area contributed by atoms with Gasteiger partial charge in [0.1, 0.15) is 0 Å². The minimum Gasteiger partial charge on any atom is -0.469 e. The first-order valence-corrected chi connectivity index (χ1v) is 6.93. The zero-order valence-corrected chi connectivity index (χ0v) is 12.3. The summed E-state index contributed by atoms with van der Waals surface area (Å²) in [6.07, 6.45) is 3.85. The molecule has 1 unspecified atom stereocenters. The molecule has 1 aliphatic rings. The molecule has 0 spiro atoms. The normalized spacial score (nSPS) is 21.9. The lowest BCUT2D eigenvalue weighted by atomic mass is 9.92. The molecule has 0 saturated carbocycles. The molecule has 1 fully saturated rings. The fourth-order valence-electron chi connectivity index (χ4n) is 2.56. The maximum absolute atomic E-state index is 11.5. The second-order valence-electron chi connectivity index (χ2n) is 6.11. The van der Waals surface area contributed by atoms with Gasteiger partial charge >= 0.3 is 5.97 Å². The predicted octanol–water partition coefficient (Wildman–Crippen LogP) is 1.51. The zero-order valence-electron chi connectivity index (χ0n) is 12.3. The van der Waals surface area contributed by atoms with E-state index in [1.807, 2.05) is 13.8 Å². The fourth-order valence-corrected chi connectivity index (χ4v) is 2.56. The van der Waals surface area contributed by atoms with E-state index in [4.69, 9.17) is 4.74 Å². The van der Waals surface area contributed by atoms with Crippen molar-refractivity contribution in [2.24, 2.45) is 11.3 Å². The highest BCUT2D eigenvalue weighted by Gasteiger charge is 2.28. The second-order valence-corrected chi connectivity index (χ2v) is 6.11. The molecule has 0 bridgehead atoms. The minimum absolute atomic E-state index is 0.146. The van der Waals surface area contributed by atoms with Gasteiger partial charge in [0, 0.05) is 13.1 Å². The number of ether oxygens (including phenoxy) is 1. The summed E-state index contributed by atoms with van der Waals surface area (Å²) in [6.45, 7) is 7.95. The fraction of sp³-hybridized carbons (Fsp3) is 0.929. The maximum Gasteiger partial charge on any atom is 0.312 e. The first-order chi connectivity index (χ1) is 8.45. The maximum atomic E-state index is 11.5. The Bertz CT molecular complexity index is 267. The van der Waals surface area contributed by atoms with Gasteiger partial charge in [0.15, 0.2) is 0 Å². The third-order valence-electron chi connectivity index (χ3n) is 3.76. The molecule has 0 amide bonds. The molecule has 0 radical (unpaired) electrons. The molecule has 1 aliphatic heterocycles. The lowest BCUT2D eigenvalue weighted by Crippen LogP contribution is -2.38. The van der Waals surface area contributed by atoms with Gasteiger partial charge in [0.25, 0.3) is 0 Å². The zero-order chi connectivity index (χ0) is 13.6. The van der Waals surface area contributed by atoms with Crippen molar-refractivity contribution in [2.45, 2.75) is 33.1 Å². The molecule has 106 valence electrons. The predicted molar refractivity (Wildman–Crippen MR) is 73.5 cm³/mol. The van der Waals surface area contributed by atoms with Gasteiger partial charge in [0.05, 0.1) is 12.5 Å². The average Bonchev–Trinajstić information content (AvgIpc) is 2.33. The van der Waals surface area contributed by atoms with Gasteiger partial charge in [-0.3, -0.25) is 4.79 Å². The second kappa shape index (κ2) is 7.10. The summed E-state index contributed by atoms with van der Waals surface area (Å²) in [7, 11) is 3.64. The van der Waals surface area contributed by atoms with Crippen molar-refractivity contribution in [2.75, 3.05) is 40.3 Å². The summed E-state index contributed by atoms with van der Waals surface area (Å²) < 4.78 is 4.79. The standard InChI is InChI=1S/C14H28N2O2/c1-14(2,13(17)18-4)11-15-8-7-12-6-5-9-16(3)10-12/h12,15H,5-11H2,1-4H3. The number of hydrogen-bond acceptors (Lipinski definition) is 4. The summed E-state index contributed by atoms with van der Waals surface area (Å²) in [6, 6.07) is 0. The van der Waals surface area contributed by atoms with Gasteiger partial charge < -0.3 is 15.0 Å². The molecule has 1 atom stereocenters. The number of carbonyl (C=O) groups excluding carboxylic acids is 1. The van der Waals surface area contributed by atoms with Crippen molar-refractivity contribution in [3.8, 4) is 0 Å². The number of carbonyl (C=O) groups is 1. The van der Waals surface area contributed by atoms with Gasteiger partial charge in [0.2, 0.25) is 0 Å². The van der Waals surface area contributed by atoms with Crippen molar-refractivity contribution >= 4 is 5.97 Å². The molecule has 1 heterocycles. The van der Waals surface area contributed by atoms with Crippen LogP contribution >= 0.6 is 0 Å². The summed E-state index contributed by atoms with van der Waals surface area (Å²) in [4.78, 5) is 13.9. The smallest absolute Gasteiger partial charge is 0.312 e. The Hall–Kier alpha value is -0.610. The van der Waals surface area contributed by atoms with Crippen LogP contribution in [0, 0.1) is 11.3 Å². The highest BCUT2D eigenvalue weighted by molar-refractivity contribution is 5.76. The van der Waals surface area contributed by atoms with E-state index in [0.29, 0.717) is 6.54 Å². The highest BCUT2D eigenvalue weighted by Crippen LogP contribution is 2.18. The van der Waals surface area contributed by atoms with Gasteiger partial charge in [-0.15, -0.1) is 0 Å². The van der Waals surface area contributed by atoms with Crippen LogP contribution in [-0.4, -0.2) is 51.2 Å². The third kappa shape index (κ3) is 4.94. The minimum atomic E-state index is -0.432. The van der Waals surface area contributed by atoms with Gasteiger partial charge in [-0.25, -0.2) is 0 Å². The number of hydrogen-bond donors (Lipinski definition) is 1. The van der Waals surface area contributed by atoms with Gasteiger partial charge in [-0.05, 0) is 59.2 Å². The molecular formula is C14H28N2O2. The van der Waals surface area contributed by atoms with Crippen molar-refractivity contribution < 1.29 is 9.53 Å². The van der Waals surface area contributed by atoms with E-state index in [1.54, 1.807) is 0 Å². The Labute approximate surface area is 111 Å². The number of esters is 1. The van der Waals surface area contributed by atoms with E-state index in [-0.39, 0.29) is 5.97 Å². The van der Waals surface area contributed by atoms with Crippen LogP contribution in [0.2, 0.25) is 0 Å². The molecular weight excluding hydrogens is 228 g/mol. The number of piperidine rings is 1. The van der Waals surface area contributed by atoms with Crippen LogP contribution in [0.3, 0.4) is 0 Å². The number of rotatable bonds is 6. The van der Waals surface area contributed by atoms with E-state index in [1.165, 1.54) is 39.5 Å². The third-order valence-corrected chi connectivity index (χ3v) is 3.76. The van der Waals surface area contributed by atoms with E-state index in [0.717, 1.165) is 12.5 Å². The van der Waals surface area contributed by atoms with Crippen LogP contribution in [-0.2, 0) is 9.53 Å². The monoisotopic (exact) mass is 256 g/mol. The van der Waals surface area contributed by atoms with Crippen LogP contribution in [0.5, 0.6) is 0 Å². The molecule has 1 saturated heterocycles. The highest BCUT2D eigenvalue weighted by atomic mass is 16.5. The summed E-state index contributed by atoms with van der Waals surface area (Å²) in [5.41, 5.74) is -0.432. The van der Waals surface area contributed by atoms with E-state index < -0.39 is 5.41 Å². The van der Waals surface area contributed by atoms with Crippen molar-refractivity contribution in [1.29, 1.82) is 0 Å². The van der Waals surface area contributed by atoms with Crippen molar-refractivity contribution in [3.63, 3.8) is 0 Å². The average molecular weight is 256 g/mol. The van der Waals surface area contributed by atoms with Crippen LogP contribution in [0.25, 0.3) is 0 Å². The Morgan fingerprint density at radius 2 is 2.22 bits per heavy atom. The first-order valence-electron chi connectivity index (χ1n) is 6.93. The Morgan fingerprint density at radius 1 is 1.50 bits per heavy atom. The molecule has 4 heteroatoms. The number of nitrogens with zero attached hydrogens (tertiary/aromatic N) is 1. The Kier molecular flexibility index (Phi) is 6.09. The number of likely N-dealkylation sites (tertiary alicyclic amines) is 1. The van der Waals surface area contributed by atoms with Gasteiger partial charge in [-0.2, -0.15) is 0 Å². The largest absolute Gasteiger partial charge is 0.469 e. The molecule has 0 aromatic rings. The van der Waals surface area contributed by atoms with E-state index in [2.05, 4.69) is 17.3 Å². The van der Waals surface area contributed by atoms with Crippen molar-refractivity contribution in [1.82, 2.24) is 10.2 Å². The molecule has 1 rings (SSSR count). The number of nitrogens with one attached hydrogen (secondary N) is 1. The summed E-state index contributed by atoms with van der Waals surface area (Å²) >= 11 is 0. The SMILES string of the molecule is COC(=O)C(C)(C)CNCCC1CCCN(C)C1. The summed E-state index contributed by atoms with van der Waals surface area (Å²) in [5, 5.41) is 3.38. The van der Waals surface area contributed by atoms with Gasteiger partial charge in [-0.1, -0.05) is 0 Å². The Balaban J connectivity index is 2.16.